The molecule has 0 unspecified atom stereocenters. The number of rotatable bonds is 5. The standard InChI is InChI=1S/C14H16O2S/c15-13(16)14(7-8-14)12-6-3-5-11(10-12)4-1-2-9-17/h1,3-6,10,17H,2,7-9H2,(H,15,16). The highest BCUT2D eigenvalue weighted by Crippen LogP contribution is 2.48. The van der Waals surface area contributed by atoms with E-state index < -0.39 is 11.4 Å². The van der Waals surface area contributed by atoms with Gasteiger partial charge < -0.3 is 5.11 Å². The Hall–Kier alpha value is -1.22. The molecule has 90 valence electrons. The molecule has 1 aromatic carbocycles. The number of aliphatic carboxylic acids is 1. The molecule has 0 aromatic heterocycles. The number of hydrogen-bond acceptors (Lipinski definition) is 2. The Labute approximate surface area is 107 Å². The van der Waals surface area contributed by atoms with Crippen LogP contribution in [0.15, 0.2) is 30.3 Å². The van der Waals surface area contributed by atoms with Crippen molar-refractivity contribution in [1.29, 1.82) is 0 Å². The topological polar surface area (TPSA) is 37.3 Å². The van der Waals surface area contributed by atoms with E-state index in [0.717, 1.165) is 36.1 Å². The van der Waals surface area contributed by atoms with E-state index >= 15 is 0 Å². The first-order chi connectivity index (χ1) is 8.19. The molecule has 1 fully saturated rings. The van der Waals surface area contributed by atoms with Crippen molar-refractivity contribution >= 4 is 24.7 Å². The van der Waals surface area contributed by atoms with Crippen molar-refractivity contribution in [2.75, 3.05) is 5.75 Å². The summed E-state index contributed by atoms with van der Waals surface area (Å²) in [4.78, 5) is 11.2. The van der Waals surface area contributed by atoms with E-state index in [1.54, 1.807) is 0 Å². The molecule has 2 rings (SSSR count). The lowest BCUT2D eigenvalue weighted by Crippen LogP contribution is -2.19. The van der Waals surface area contributed by atoms with Crippen molar-refractivity contribution in [2.24, 2.45) is 0 Å². The Morgan fingerprint density at radius 2 is 2.24 bits per heavy atom. The number of hydrogen-bond donors (Lipinski definition) is 2. The van der Waals surface area contributed by atoms with Gasteiger partial charge in [0.1, 0.15) is 0 Å². The summed E-state index contributed by atoms with van der Waals surface area (Å²) in [6.45, 7) is 0. The molecule has 0 saturated heterocycles. The predicted octanol–water partition coefficient (Wildman–Crippen LogP) is 3.14. The molecular weight excluding hydrogens is 232 g/mol. The summed E-state index contributed by atoms with van der Waals surface area (Å²) < 4.78 is 0. The van der Waals surface area contributed by atoms with Crippen LogP contribution in [0.1, 0.15) is 30.4 Å². The van der Waals surface area contributed by atoms with Crippen molar-refractivity contribution in [2.45, 2.75) is 24.7 Å². The van der Waals surface area contributed by atoms with E-state index in [9.17, 15) is 9.90 Å². The van der Waals surface area contributed by atoms with Gasteiger partial charge in [0.15, 0.2) is 0 Å². The number of allylic oxidation sites excluding steroid dienone is 1. The predicted molar refractivity (Wildman–Crippen MR) is 72.5 cm³/mol. The minimum absolute atomic E-state index is 0.604. The molecule has 0 aliphatic heterocycles. The molecular formula is C14H16O2S. The van der Waals surface area contributed by atoms with Gasteiger partial charge in [0.2, 0.25) is 0 Å². The fourth-order valence-corrected chi connectivity index (χ4v) is 2.13. The maximum absolute atomic E-state index is 11.2. The molecule has 1 aliphatic carbocycles. The second kappa shape index (κ2) is 4.96. The molecule has 1 N–H and O–H groups in total. The second-order valence-electron chi connectivity index (χ2n) is 4.43. The lowest BCUT2D eigenvalue weighted by Gasteiger charge is -2.10. The molecule has 0 spiro atoms. The summed E-state index contributed by atoms with van der Waals surface area (Å²) in [5.41, 5.74) is 1.39. The molecule has 3 heteroatoms. The summed E-state index contributed by atoms with van der Waals surface area (Å²) in [6, 6.07) is 7.82. The summed E-state index contributed by atoms with van der Waals surface area (Å²) in [7, 11) is 0. The third-order valence-electron chi connectivity index (χ3n) is 3.20. The molecule has 0 heterocycles. The molecule has 17 heavy (non-hydrogen) atoms. The first-order valence-corrected chi connectivity index (χ1v) is 6.44. The van der Waals surface area contributed by atoms with Crippen LogP contribution < -0.4 is 0 Å². The van der Waals surface area contributed by atoms with Crippen molar-refractivity contribution in [3.63, 3.8) is 0 Å². The highest BCUT2D eigenvalue weighted by molar-refractivity contribution is 7.80. The van der Waals surface area contributed by atoms with Gasteiger partial charge in [-0.3, -0.25) is 4.79 Å². The lowest BCUT2D eigenvalue weighted by atomic mass is 9.94. The van der Waals surface area contributed by atoms with Crippen LogP contribution in [0.3, 0.4) is 0 Å². The van der Waals surface area contributed by atoms with Gasteiger partial charge in [-0.15, -0.1) is 0 Å². The van der Waals surface area contributed by atoms with Crippen LogP contribution in [0.25, 0.3) is 6.08 Å². The van der Waals surface area contributed by atoms with Crippen LogP contribution in [-0.4, -0.2) is 16.8 Å². The van der Waals surface area contributed by atoms with Gasteiger partial charge in [0, 0.05) is 0 Å². The van der Waals surface area contributed by atoms with E-state index in [2.05, 4.69) is 18.7 Å². The van der Waals surface area contributed by atoms with Crippen LogP contribution >= 0.6 is 12.6 Å². The van der Waals surface area contributed by atoms with Crippen LogP contribution in [0.4, 0.5) is 0 Å². The summed E-state index contributed by atoms with van der Waals surface area (Å²) in [5, 5.41) is 9.23. The minimum Gasteiger partial charge on any atom is -0.481 e. The Bertz CT molecular complexity index is 447. The average molecular weight is 248 g/mol. The van der Waals surface area contributed by atoms with Crippen LogP contribution in [0.5, 0.6) is 0 Å². The summed E-state index contributed by atoms with van der Waals surface area (Å²) in [5.74, 6) is 0.129. The normalized spacial score (nSPS) is 17.2. The van der Waals surface area contributed by atoms with Crippen LogP contribution in [0, 0.1) is 0 Å². The zero-order chi connectivity index (χ0) is 12.3. The molecule has 1 aliphatic rings. The fraction of sp³-hybridized carbons (Fsp3) is 0.357. The molecule has 0 bridgehead atoms. The van der Waals surface area contributed by atoms with Gasteiger partial charge in [-0.05, 0) is 36.1 Å². The van der Waals surface area contributed by atoms with Crippen molar-refractivity contribution < 1.29 is 9.90 Å². The summed E-state index contributed by atoms with van der Waals surface area (Å²) >= 11 is 4.14. The Kier molecular flexibility index (Phi) is 3.57. The first kappa shape index (κ1) is 12.2. The number of carbonyl (C=O) groups is 1. The van der Waals surface area contributed by atoms with Gasteiger partial charge in [-0.1, -0.05) is 36.4 Å². The van der Waals surface area contributed by atoms with Crippen LogP contribution in [0.2, 0.25) is 0 Å². The number of carboxylic acids is 1. The zero-order valence-electron chi connectivity index (χ0n) is 9.60. The van der Waals surface area contributed by atoms with Gasteiger partial charge >= 0.3 is 5.97 Å². The number of carboxylic acid groups (broad SMARTS) is 1. The molecule has 0 radical (unpaired) electrons. The number of thiol groups is 1. The molecule has 1 saturated carbocycles. The Morgan fingerprint density at radius 1 is 1.47 bits per heavy atom. The zero-order valence-corrected chi connectivity index (χ0v) is 10.5. The van der Waals surface area contributed by atoms with Crippen molar-refractivity contribution in [3.05, 3.63) is 41.5 Å². The fourth-order valence-electron chi connectivity index (χ4n) is 1.98. The number of benzene rings is 1. The summed E-state index contributed by atoms with van der Waals surface area (Å²) in [6.07, 6.45) is 6.53. The molecule has 0 amide bonds. The molecule has 2 nitrogen and oxygen atoms in total. The largest absolute Gasteiger partial charge is 0.481 e. The van der Waals surface area contributed by atoms with Crippen molar-refractivity contribution in [1.82, 2.24) is 0 Å². The lowest BCUT2D eigenvalue weighted by molar-refractivity contribution is -0.140. The second-order valence-corrected chi connectivity index (χ2v) is 4.87. The average Bonchev–Trinajstić information content (AvgIpc) is 3.11. The van der Waals surface area contributed by atoms with Gasteiger partial charge in [0.25, 0.3) is 0 Å². The smallest absolute Gasteiger partial charge is 0.314 e. The van der Waals surface area contributed by atoms with E-state index in [-0.39, 0.29) is 0 Å². The minimum atomic E-state index is -0.700. The molecule has 0 atom stereocenters. The maximum atomic E-state index is 11.2. The highest BCUT2D eigenvalue weighted by atomic mass is 32.1. The third kappa shape index (κ3) is 2.55. The van der Waals surface area contributed by atoms with Gasteiger partial charge in [0.05, 0.1) is 5.41 Å². The first-order valence-electron chi connectivity index (χ1n) is 5.80. The van der Waals surface area contributed by atoms with E-state index in [1.165, 1.54) is 0 Å². The third-order valence-corrected chi connectivity index (χ3v) is 3.46. The molecule has 1 aromatic rings. The quantitative estimate of drug-likeness (QED) is 0.786. The van der Waals surface area contributed by atoms with Crippen molar-refractivity contribution in [3.8, 4) is 0 Å². The van der Waals surface area contributed by atoms with E-state index in [4.69, 9.17) is 0 Å². The van der Waals surface area contributed by atoms with Gasteiger partial charge in [-0.25, -0.2) is 0 Å². The van der Waals surface area contributed by atoms with E-state index in [0.29, 0.717) is 0 Å². The van der Waals surface area contributed by atoms with Gasteiger partial charge in [-0.2, -0.15) is 12.6 Å². The highest BCUT2D eigenvalue weighted by Gasteiger charge is 2.51. The Balaban J connectivity index is 2.20. The maximum Gasteiger partial charge on any atom is 0.314 e. The Morgan fingerprint density at radius 3 is 2.82 bits per heavy atom. The van der Waals surface area contributed by atoms with E-state index in [1.807, 2.05) is 30.3 Å². The van der Waals surface area contributed by atoms with Crippen LogP contribution in [-0.2, 0) is 10.2 Å². The monoisotopic (exact) mass is 248 g/mol. The SMILES string of the molecule is O=C(O)C1(c2cccc(C=CCCS)c2)CC1.